The van der Waals surface area contributed by atoms with Gasteiger partial charge in [-0.05, 0) is 36.8 Å². The van der Waals surface area contributed by atoms with Gasteiger partial charge in [-0.1, -0.05) is 42.5 Å². The number of fused-ring (bicyclic) bond motifs is 2. The third-order valence-electron chi connectivity index (χ3n) is 4.99. The molecule has 0 saturated heterocycles. The number of nitrogens with zero attached hydrogens (tertiary/aromatic N) is 1. The summed E-state index contributed by atoms with van der Waals surface area (Å²) in [7, 11) is 0. The van der Waals surface area contributed by atoms with Gasteiger partial charge in [-0.15, -0.1) is 6.58 Å². The molecule has 0 unspecified atom stereocenters. The normalized spacial score (nSPS) is 15.4. The molecular formula is C24H21NO4. The summed E-state index contributed by atoms with van der Waals surface area (Å²) in [6, 6.07) is 12.2. The Morgan fingerprint density at radius 1 is 1.14 bits per heavy atom. The first-order chi connectivity index (χ1) is 14.0. The van der Waals surface area contributed by atoms with Crippen molar-refractivity contribution in [3.63, 3.8) is 0 Å². The average Bonchev–Trinajstić information content (AvgIpc) is 3.00. The van der Waals surface area contributed by atoms with Gasteiger partial charge in [-0.2, -0.15) is 0 Å². The van der Waals surface area contributed by atoms with E-state index in [1.54, 1.807) is 29.2 Å². The molecule has 5 heteroatoms. The van der Waals surface area contributed by atoms with Crippen LogP contribution in [-0.2, 0) is 0 Å². The van der Waals surface area contributed by atoms with Crippen LogP contribution in [0.1, 0.15) is 33.3 Å². The van der Waals surface area contributed by atoms with Gasteiger partial charge >= 0.3 is 0 Å². The van der Waals surface area contributed by atoms with Gasteiger partial charge in [-0.3, -0.25) is 9.59 Å². The van der Waals surface area contributed by atoms with Crippen LogP contribution in [0.15, 0.2) is 77.0 Å². The standard InChI is InChI=1S/C24H21NO4/c1-4-11-25-21(16-7-6-8-17(14-16)28-12-5-2)20-22(26)18-13-15(3)9-10-19(18)29-23(20)24(25)27/h4-10,13-14,21H,1-2,11-12H2,3H3/t21-/m1/s1. The molecule has 0 saturated carbocycles. The lowest BCUT2D eigenvalue weighted by molar-refractivity contribution is 0.0748. The predicted molar refractivity (Wildman–Crippen MR) is 112 cm³/mol. The monoisotopic (exact) mass is 387 g/mol. The topological polar surface area (TPSA) is 59.8 Å². The van der Waals surface area contributed by atoms with Crippen LogP contribution >= 0.6 is 0 Å². The van der Waals surface area contributed by atoms with E-state index in [4.69, 9.17) is 9.15 Å². The molecule has 2 heterocycles. The molecule has 0 fully saturated rings. The predicted octanol–water partition coefficient (Wildman–Crippen LogP) is 4.40. The second-order valence-electron chi connectivity index (χ2n) is 6.99. The summed E-state index contributed by atoms with van der Waals surface area (Å²) in [5.74, 6) is 0.417. The van der Waals surface area contributed by atoms with E-state index in [1.807, 2.05) is 37.3 Å². The molecule has 1 aliphatic heterocycles. The van der Waals surface area contributed by atoms with Gasteiger partial charge in [0.25, 0.3) is 5.91 Å². The minimum absolute atomic E-state index is 0.0932. The van der Waals surface area contributed by atoms with Gasteiger partial charge in [0, 0.05) is 6.54 Å². The number of amides is 1. The van der Waals surface area contributed by atoms with E-state index in [-0.39, 0.29) is 17.1 Å². The van der Waals surface area contributed by atoms with E-state index in [9.17, 15) is 9.59 Å². The number of aryl methyl sites for hydroxylation is 1. The van der Waals surface area contributed by atoms with Crippen molar-refractivity contribution >= 4 is 16.9 Å². The lowest BCUT2D eigenvalue weighted by atomic mass is 9.98. The van der Waals surface area contributed by atoms with Crippen LogP contribution in [0.4, 0.5) is 0 Å². The Bertz CT molecular complexity index is 1190. The van der Waals surface area contributed by atoms with Crippen LogP contribution in [0.25, 0.3) is 11.0 Å². The number of carbonyl (C=O) groups excluding carboxylic acids is 1. The number of ether oxygens (including phenoxy) is 1. The first-order valence-electron chi connectivity index (χ1n) is 9.38. The molecule has 4 rings (SSSR count). The van der Waals surface area contributed by atoms with E-state index in [1.165, 1.54) is 0 Å². The third-order valence-corrected chi connectivity index (χ3v) is 4.99. The zero-order valence-electron chi connectivity index (χ0n) is 16.2. The molecule has 1 aliphatic rings. The lowest BCUT2D eigenvalue weighted by Crippen LogP contribution is -2.29. The zero-order valence-corrected chi connectivity index (χ0v) is 16.2. The SMILES string of the molecule is C=CCOc1cccc([C@@H]2c3c(oc4ccc(C)cc4c3=O)C(=O)N2CC=C)c1. The Hall–Kier alpha value is -3.60. The summed E-state index contributed by atoms with van der Waals surface area (Å²) < 4.78 is 11.5. The summed E-state index contributed by atoms with van der Waals surface area (Å²) in [6.45, 7) is 9.99. The molecule has 3 aromatic rings. The summed E-state index contributed by atoms with van der Waals surface area (Å²) in [4.78, 5) is 28.1. The number of hydrogen-bond acceptors (Lipinski definition) is 4. The molecular weight excluding hydrogens is 366 g/mol. The number of benzene rings is 2. The molecule has 29 heavy (non-hydrogen) atoms. The maximum atomic E-state index is 13.4. The minimum Gasteiger partial charge on any atom is -0.490 e. The van der Waals surface area contributed by atoms with Crippen molar-refractivity contribution in [1.82, 2.24) is 4.90 Å². The van der Waals surface area contributed by atoms with Gasteiger partial charge in [0.05, 0.1) is 17.0 Å². The quantitative estimate of drug-likeness (QED) is 0.589. The molecule has 0 radical (unpaired) electrons. The Kier molecular flexibility index (Phi) is 4.80. The lowest BCUT2D eigenvalue weighted by Gasteiger charge is -2.24. The van der Waals surface area contributed by atoms with Crippen molar-refractivity contribution in [3.8, 4) is 5.75 Å². The zero-order chi connectivity index (χ0) is 20.5. The highest BCUT2D eigenvalue weighted by molar-refractivity contribution is 5.99. The second-order valence-corrected chi connectivity index (χ2v) is 6.99. The van der Waals surface area contributed by atoms with Crippen molar-refractivity contribution < 1.29 is 13.9 Å². The van der Waals surface area contributed by atoms with Crippen LogP contribution < -0.4 is 10.2 Å². The van der Waals surface area contributed by atoms with Crippen molar-refractivity contribution in [3.05, 3.63) is 100 Å². The van der Waals surface area contributed by atoms with Crippen molar-refractivity contribution in [2.45, 2.75) is 13.0 Å². The van der Waals surface area contributed by atoms with Gasteiger partial charge in [0.15, 0.2) is 5.43 Å². The summed E-state index contributed by atoms with van der Waals surface area (Å²) in [5.41, 5.74) is 2.31. The van der Waals surface area contributed by atoms with E-state index < -0.39 is 6.04 Å². The van der Waals surface area contributed by atoms with Gasteiger partial charge in [0.2, 0.25) is 5.76 Å². The van der Waals surface area contributed by atoms with Gasteiger partial charge in [-0.25, -0.2) is 0 Å². The van der Waals surface area contributed by atoms with Gasteiger partial charge < -0.3 is 14.1 Å². The fourth-order valence-electron chi connectivity index (χ4n) is 3.74. The Morgan fingerprint density at radius 3 is 2.72 bits per heavy atom. The smallest absolute Gasteiger partial charge is 0.291 e. The average molecular weight is 387 g/mol. The summed E-state index contributed by atoms with van der Waals surface area (Å²) in [5, 5.41) is 0.473. The molecule has 0 aliphatic carbocycles. The molecule has 146 valence electrons. The van der Waals surface area contributed by atoms with Crippen molar-refractivity contribution in [2.24, 2.45) is 0 Å². The molecule has 0 spiro atoms. The van der Waals surface area contributed by atoms with Crippen LogP contribution in [0.3, 0.4) is 0 Å². The van der Waals surface area contributed by atoms with E-state index in [2.05, 4.69) is 13.2 Å². The summed E-state index contributed by atoms with van der Waals surface area (Å²) in [6.07, 6.45) is 3.30. The van der Waals surface area contributed by atoms with Crippen LogP contribution in [-0.4, -0.2) is 24.0 Å². The number of hydrogen-bond donors (Lipinski definition) is 0. The molecule has 0 N–H and O–H groups in total. The maximum Gasteiger partial charge on any atom is 0.291 e. The number of carbonyl (C=O) groups is 1. The highest BCUT2D eigenvalue weighted by atomic mass is 16.5. The fourth-order valence-corrected chi connectivity index (χ4v) is 3.74. The Labute approximate surface area is 168 Å². The number of rotatable bonds is 6. The molecule has 0 bridgehead atoms. The van der Waals surface area contributed by atoms with Crippen LogP contribution in [0.2, 0.25) is 0 Å². The fraction of sp³-hybridized carbons (Fsp3) is 0.167. The minimum atomic E-state index is -0.566. The maximum absolute atomic E-state index is 13.4. The van der Waals surface area contributed by atoms with E-state index >= 15 is 0 Å². The van der Waals surface area contributed by atoms with E-state index in [0.717, 1.165) is 11.1 Å². The van der Waals surface area contributed by atoms with Crippen LogP contribution in [0, 0.1) is 6.92 Å². The molecule has 5 nitrogen and oxygen atoms in total. The van der Waals surface area contributed by atoms with Crippen LogP contribution in [0.5, 0.6) is 5.75 Å². The van der Waals surface area contributed by atoms with Crippen molar-refractivity contribution in [1.29, 1.82) is 0 Å². The first-order valence-corrected chi connectivity index (χ1v) is 9.38. The highest BCUT2D eigenvalue weighted by Gasteiger charge is 2.42. The first kappa shape index (κ1) is 18.7. The molecule has 1 atom stereocenters. The van der Waals surface area contributed by atoms with Crippen molar-refractivity contribution in [2.75, 3.05) is 13.2 Å². The molecule has 1 aromatic heterocycles. The Morgan fingerprint density at radius 2 is 1.97 bits per heavy atom. The molecule has 1 amide bonds. The largest absolute Gasteiger partial charge is 0.490 e. The van der Waals surface area contributed by atoms with Gasteiger partial charge in [0.1, 0.15) is 17.9 Å². The third kappa shape index (κ3) is 3.14. The summed E-state index contributed by atoms with van der Waals surface area (Å²) >= 11 is 0. The van der Waals surface area contributed by atoms with E-state index in [0.29, 0.717) is 35.4 Å². The second kappa shape index (κ2) is 7.43. The molecule has 2 aromatic carbocycles. The highest BCUT2D eigenvalue weighted by Crippen LogP contribution is 2.38. The Balaban J connectivity index is 1.94.